The van der Waals surface area contributed by atoms with Gasteiger partial charge in [-0.2, -0.15) is 0 Å². The van der Waals surface area contributed by atoms with Crippen LogP contribution >= 0.6 is 0 Å². The van der Waals surface area contributed by atoms with Crippen molar-refractivity contribution in [3.8, 4) is 16.9 Å². The SMILES string of the molecule is Cc1cc(C)c(C)c(-c2c3ccc(-n4c5ccccc5c5cccnc54)cc3cc[n+]2C)c1. The molecule has 0 radical (unpaired) electrons. The number of aryl methyl sites for hydroxylation is 3. The maximum atomic E-state index is 4.74. The smallest absolute Gasteiger partial charge is 0.220 e. The number of hydrogen-bond acceptors (Lipinski definition) is 1. The number of pyridine rings is 2. The van der Waals surface area contributed by atoms with Crippen molar-refractivity contribution in [2.75, 3.05) is 0 Å². The number of hydrogen-bond donors (Lipinski definition) is 0. The fourth-order valence-corrected chi connectivity index (χ4v) is 5.18. The van der Waals surface area contributed by atoms with E-state index in [1.165, 1.54) is 55.0 Å². The molecule has 0 amide bonds. The Balaban J connectivity index is 1.64. The lowest BCUT2D eigenvalue weighted by Crippen LogP contribution is -2.30. The molecule has 0 unspecified atom stereocenters. The van der Waals surface area contributed by atoms with Gasteiger partial charge in [-0.25, -0.2) is 9.55 Å². The molecule has 6 rings (SSSR count). The van der Waals surface area contributed by atoms with E-state index >= 15 is 0 Å². The van der Waals surface area contributed by atoms with E-state index in [9.17, 15) is 0 Å². The molecule has 6 aromatic rings. The zero-order valence-electron chi connectivity index (χ0n) is 19.4. The molecule has 0 saturated heterocycles. The van der Waals surface area contributed by atoms with Gasteiger partial charge in [0, 0.05) is 28.7 Å². The van der Waals surface area contributed by atoms with Crippen molar-refractivity contribution in [1.29, 1.82) is 0 Å². The van der Waals surface area contributed by atoms with Gasteiger partial charge in [0.1, 0.15) is 12.7 Å². The summed E-state index contributed by atoms with van der Waals surface area (Å²) in [4.78, 5) is 4.74. The number of rotatable bonds is 2. The molecule has 0 N–H and O–H groups in total. The molecule has 0 aliphatic heterocycles. The first-order valence-corrected chi connectivity index (χ1v) is 11.4. The Morgan fingerprint density at radius 1 is 0.788 bits per heavy atom. The number of nitrogens with zero attached hydrogens (tertiary/aromatic N) is 3. The number of para-hydroxylation sites is 1. The van der Waals surface area contributed by atoms with E-state index in [0.29, 0.717) is 0 Å². The molecule has 0 spiro atoms. The van der Waals surface area contributed by atoms with Crippen molar-refractivity contribution in [2.24, 2.45) is 7.05 Å². The second-order valence-electron chi connectivity index (χ2n) is 9.03. The normalized spacial score (nSPS) is 11.6. The first-order valence-electron chi connectivity index (χ1n) is 11.4. The van der Waals surface area contributed by atoms with Crippen molar-refractivity contribution >= 4 is 32.7 Å². The summed E-state index contributed by atoms with van der Waals surface area (Å²) in [6.07, 6.45) is 4.04. The van der Waals surface area contributed by atoms with E-state index in [1.54, 1.807) is 0 Å². The summed E-state index contributed by atoms with van der Waals surface area (Å²) in [5.41, 5.74) is 9.80. The lowest BCUT2D eigenvalue weighted by atomic mass is 9.94. The standard InChI is InChI=1S/C30H26N3/c1-19-16-20(2)21(3)27(17-19)29-24-12-11-23(18-22(24)13-15-32(29)4)33-28-10-6-5-8-25(28)26-9-7-14-31-30(26)33/h5-18H,1-4H3/q+1. The molecule has 0 aliphatic rings. The van der Waals surface area contributed by atoms with Gasteiger partial charge in [-0.3, -0.25) is 4.57 Å². The van der Waals surface area contributed by atoms with Gasteiger partial charge in [-0.05, 0) is 79.7 Å². The van der Waals surface area contributed by atoms with Gasteiger partial charge in [-0.1, -0.05) is 29.8 Å². The highest BCUT2D eigenvalue weighted by atomic mass is 15.0. The minimum Gasteiger partial charge on any atom is -0.294 e. The average Bonchev–Trinajstić information content (AvgIpc) is 3.16. The van der Waals surface area contributed by atoms with Crippen molar-refractivity contribution in [2.45, 2.75) is 20.8 Å². The van der Waals surface area contributed by atoms with E-state index < -0.39 is 0 Å². The second-order valence-corrected chi connectivity index (χ2v) is 9.03. The summed E-state index contributed by atoms with van der Waals surface area (Å²) in [5, 5.41) is 4.89. The average molecular weight is 429 g/mol. The van der Waals surface area contributed by atoms with Gasteiger partial charge >= 0.3 is 0 Å². The molecule has 160 valence electrons. The summed E-state index contributed by atoms with van der Waals surface area (Å²) >= 11 is 0. The summed E-state index contributed by atoms with van der Waals surface area (Å²) < 4.78 is 4.52. The molecule has 3 heterocycles. The van der Waals surface area contributed by atoms with Gasteiger partial charge in [-0.15, -0.1) is 0 Å². The molecule has 0 fully saturated rings. The van der Waals surface area contributed by atoms with Gasteiger partial charge in [0.2, 0.25) is 5.69 Å². The van der Waals surface area contributed by atoms with Gasteiger partial charge in [0.05, 0.1) is 16.5 Å². The Morgan fingerprint density at radius 2 is 1.61 bits per heavy atom. The van der Waals surface area contributed by atoms with Gasteiger partial charge < -0.3 is 0 Å². The predicted octanol–water partition coefficient (Wildman–Crippen LogP) is 6.75. The fraction of sp³-hybridized carbons (Fsp3) is 0.133. The first-order chi connectivity index (χ1) is 16.0. The molecular weight excluding hydrogens is 402 g/mol. The Labute approximate surface area is 193 Å². The molecule has 3 nitrogen and oxygen atoms in total. The van der Waals surface area contributed by atoms with Crippen LogP contribution in [0.2, 0.25) is 0 Å². The third-order valence-electron chi connectivity index (χ3n) is 6.88. The molecule has 0 saturated carbocycles. The van der Waals surface area contributed by atoms with E-state index in [2.05, 4.69) is 110 Å². The summed E-state index contributed by atoms with van der Waals surface area (Å²) in [7, 11) is 2.14. The van der Waals surface area contributed by atoms with Crippen LogP contribution in [0, 0.1) is 20.8 Å². The highest BCUT2D eigenvalue weighted by Gasteiger charge is 2.20. The van der Waals surface area contributed by atoms with E-state index in [-0.39, 0.29) is 0 Å². The van der Waals surface area contributed by atoms with Crippen LogP contribution in [0.1, 0.15) is 16.7 Å². The van der Waals surface area contributed by atoms with Crippen molar-refractivity contribution in [3.05, 3.63) is 102 Å². The molecule has 3 aromatic heterocycles. The van der Waals surface area contributed by atoms with Crippen LogP contribution in [0.5, 0.6) is 0 Å². The summed E-state index contributed by atoms with van der Waals surface area (Å²) in [6.45, 7) is 6.60. The summed E-state index contributed by atoms with van der Waals surface area (Å²) in [5.74, 6) is 0. The van der Waals surface area contributed by atoms with Gasteiger partial charge in [0.15, 0.2) is 6.20 Å². The summed E-state index contributed by atoms with van der Waals surface area (Å²) in [6, 6.07) is 26.3. The largest absolute Gasteiger partial charge is 0.294 e. The molecule has 0 bridgehead atoms. The first kappa shape index (κ1) is 19.7. The minimum absolute atomic E-state index is 0.991. The number of benzene rings is 3. The molecular formula is C30H26N3+. The minimum atomic E-state index is 0.991. The van der Waals surface area contributed by atoms with Crippen LogP contribution in [-0.2, 0) is 7.05 Å². The zero-order valence-corrected chi connectivity index (χ0v) is 19.4. The van der Waals surface area contributed by atoms with Crippen LogP contribution < -0.4 is 4.57 Å². The zero-order chi connectivity index (χ0) is 22.7. The Kier molecular flexibility index (Phi) is 4.34. The molecule has 3 aromatic carbocycles. The Hall–Kier alpha value is -3.98. The molecule has 3 heteroatoms. The number of aromatic nitrogens is 3. The quantitative estimate of drug-likeness (QED) is 0.280. The van der Waals surface area contributed by atoms with E-state index in [4.69, 9.17) is 4.98 Å². The lowest BCUT2D eigenvalue weighted by molar-refractivity contribution is -0.659. The number of fused-ring (bicyclic) bond motifs is 4. The maximum Gasteiger partial charge on any atom is 0.220 e. The van der Waals surface area contributed by atoms with Gasteiger partial charge in [0.25, 0.3) is 0 Å². The third-order valence-corrected chi connectivity index (χ3v) is 6.88. The van der Waals surface area contributed by atoms with Crippen LogP contribution in [0.4, 0.5) is 0 Å². The van der Waals surface area contributed by atoms with Crippen LogP contribution in [0.25, 0.3) is 49.7 Å². The molecule has 0 aliphatic carbocycles. The lowest BCUT2D eigenvalue weighted by Gasteiger charge is -2.13. The van der Waals surface area contributed by atoms with Crippen LogP contribution in [-0.4, -0.2) is 9.55 Å². The van der Waals surface area contributed by atoms with Crippen molar-refractivity contribution < 1.29 is 4.57 Å². The van der Waals surface area contributed by atoms with Crippen molar-refractivity contribution in [3.63, 3.8) is 0 Å². The predicted molar refractivity (Wildman–Crippen MR) is 137 cm³/mol. The van der Waals surface area contributed by atoms with Crippen molar-refractivity contribution in [1.82, 2.24) is 9.55 Å². The second kappa shape index (κ2) is 7.28. The van der Waals surface area contributed by atoms with Crippen LogP contribution in [0.15, 0.2) is 85.2 Å². The topological polar surface area (TPSA) is 21.7 Å². The van der Waals surface area contributed by atoms with E-state index in [1.807, 2.05) is 12.3 Å². The molecule has 33 heavy (non-hydrogen) atoms. The van der Waals surface area contributed by atoms with E-state index in [0.717, 1.165) is 11.3 Å². The Morgan fingerprint density at radius 3 is 2.48 bits per heavy atom. The monoisotopic (exact) mass is 428 g/mol. The maximum absolute atomic E-state index is 4.74. The van der Waals surface area contributed by atoms with Crippen LogP contribution in [0.3, 0.4) is 0 Å². The molecule has 0 atom stereocenters. The highest BCUT2D eigenvalue weighted by Crippen LogP contribution is 2.34. The third kappa shape index (κ3) is 2.96. The Bertz CT molecular complexity index is 1650. The highest BCUT2D eigenvalue weighted by molar-refractivity contribution is 6.08. The fourth-order valence-electron chi connectivity index (χ4n) is 5.18.